The van der Waals surface area contributed by atoms with Crippen LogP contribution in [0.3, 0.4) is 0 Å². The van der Waals surface area contributed by atoms with Crippen LogP contribution in [0.5, 0.6) is 0 Å². The van der Waals surface area contributed by atoms with Crippen molar-refractivity contribution in [3.63, 3.8) is 0 Å². The lowest BCUT2D eigenvalue weighted by molar-refractivity contribution is 0.577. The second-order valence-corrected chi connectivity index (χ2v) is 4.95. The maximum absolute atomic E-state index is 13.4. The van der Waals surface area contributed by atoms with Gasteiger partial charge in [-0.1, -0.05) is 11.6 Å². The molecule has 2 nitrogen and oxygen atoms in total. The van der Waals surface area contributed by atoms with Gasteiger partial charge in [-0.3, -0.25) is 0 Å². The van der Waals surface area contributed by atoms with E-state index in [0.717, 1.165) is 30.0 Å². The van der Waals surface area contributed by atoms with Crippen LogP contribution in [0.4, 0.5) is 14.6 Å². The number of anilines is 1. The summed E-state index contributed by atoms with van der Waals surface area (Å²) in [6.45, 7) is 0. The molecule has 2 N–H and O–H groups in total. The predicted molar refractivity (Wildman–Crippen MR) is 69.6 cm³/mol. The highest BCUT2D eigenvalue weighted by atomic mass is 35.5. The average molecular weight is 287 g/mol. The fraction of sp³-hybridized carbons (Fsp3) is 0.0833. The lowest BCUT2D eigenvalue weighted by atomic mass is 10.3. The van der Waals surface area contributed by atoms with Gasteiger partial charge in [0.2, 0.25) is 0 Å². The van der Waals surface area contributed by atoms with Crippen molar-refractivity contribution in [2.45, 2.75) is 10.6 Å². The standard InChI is InChI=1S/C12H9ClF2N2S/c13-8-2-4-12(16)17-10(8)6-18-11-5-7(14)1-3-9(11)15/h1-5H,6H2,(H2,16,17). The number of hydrogen-bond donors (Lipinski definition) is 1. The maximum atomic E-state index is 13.4. The van der Waals surface area contributed by atoms with Crippen LogP contribution in [0.2, 0.25) is 5.02 Å². The highest BCUT2D eigenvalue weighted by Gasteiger charge is 2.08. The van der Waals surface area contributed by atoms with Gasteiger partial charge < -0.3 is 5.73 Å². The highest BCUT2D eigenvalue weighted by molar-refractivity contribution is 7.98. The summed E-state index contributed by atoms with van der Waals surface area (Å²) >= 11 is 7.05. The minimum atomic E-state index is -0.481. The van der Waals surface area contributed by atoms with Gasteiger partial charge in [-0.15, -0.1) is 11.8 Å². The van der Waals surface area contributed by atoms with E-state index >= 15 is 0 Å². The van der Waals surface area contributed by atoms with Gasteiger partial charge >= 0.3 is 0 Å². The van der Waals surface area contributed by atoms with Crippen molar-refractivity contribution in [3.05, 3.63) is 52.7 Å². The molecule has 0 radical (unpaired) electrons. The van der Waals surface area contributed by atoms with Crippen LogP contribution in [0.25, 0.3) is 0 Å². The van der Waals surface area contributed by atoms with E-state index in [1.165, 1.54) is 0 Å². The lowest BCUT2D eigenvalue weighted by Gasteiger charge is -2.05. The molecule has 94 valence electrons. The summed E-state index contributed by atoms with van der Waals surface area (Å²) in [6.07, 6.45) is 0. The average Bonchev–Trinajstić information content (AvgIpc) is 2.34. The smallest absolute Gasteiger partial charge is 0.136 e. The Morgan fingerprint density at radius 1 is 1.22 bits per heavy atom. The zero-order chi connectivity index (χ0) is 13.1. The number of rotatable bonds is 3. The molecule has 1 aromatic heterocycles. The van der Waals surface area contributed by atoms with Crippen molar-refractivity contribution in [1.29, 1.82) is 0 Å². The van der Waals surface area contributed by atoms with Crippen LogP contribution in [0.1, 0.15) is 5.69 Å². The van der Waals surface area contributed by atoms with Crippen LogP contribution < -0.4 is 5.73 Å². The SMILES string of the molecule is Nc1ccc(Cl)c(CSc2cc(F)ccc2F)n1. The molecule has 0 aliphatic heterocycles. The fourth-order valence-electron chi connectivity index (χ4n) is 1.34. The molecule has 0 aliphatic carbocycles. The van der Waals surface area contributed by atoms with Gasteiger partial charge in [0.05, 0.1) is 10.7 Å². The molecule has 1 aromatic carbocycles. The molecule has 0 atom stereocenters. The maximum Gasteiger partial charge on any atom is 0.136 e. The monoisotopic (exact) mass is 286 g/mol. The Bertz CT molecular complexity index is 526. The Morgan fingerprint density at radius 3 is 2.78 bits per heavy atom. The van der Waals surface area contributed by atoms with E-state index in [-0.39, 0.29) is 4.90 Å². The number of nitrogens with zero attached hydrogens (tertiary/aromatic N) is 1. The van der Waals surface area contributed by atoms with Crippen LogP contribution in [0.15, 0.2) is 35.2 Å². The molecule has 18 heavy (non-hydrogen) atoms. The number of halogens is 3. The molecule has 2 aromatic rings. The number of nitrogens with two attached hydrogens (primary N) is 1. The minimum absolute atomic E-state index is 0.218. The van der Waals surface area contributed by atoms with E-state index in [1.807, 2.05) is 0 Å². The number of hydrogen-bond acceptors (Lipinski definition) is 3. The molecule has 1 heterocycles. The Kier molecular flexibility index (Phi) is 4.04. The fourth-order valence-corrected chi connectivity index (χ4v) is 2.50. The van der Waals surface area contributed by atoms with Gasteiger partial charge in [-0.05, 0) is 30.3 Å². The van der Waals surface area contributed by atoms with E-state index in [1.54, 1.807) is 12.1 Å². The second kappa shape index (κ2) is 5.54. The van der Waals surface area contributed by atoms with Crippen molar-refractivity contribution < 1.29 is 8.78 Å². The number of pyridine rings is 1. The Hall–Kier alpha value is -1.33. The van der Waals surface area contributed by atoms with Crippen molar-refractivity contribution in [2.24, 2.45) is 0 Å². The molecule has 0 saturated carbocycles. The van der Waals surface area contributed by atoms with Gasteiger partial charge in [0.25, 0.3) is 0 Å². The third-order valence-electron chi connectivity index (χ3n) is 2.20. The predicted octanol–water partition coefficient (Wildman–Crippen LogP) is 3.89. The summed E-state index contributed by atoms with van der Waals surface area (Å²) in [5, 5.41) is 0.452. The largest absolute Gasteiger partial charge is 0.384 e. The van der Waals surface area contributed by atoms with Gasteiger partial charge in [-0.2, -0.15) is 0 Å². The normalized spacial score (nSPS) is 10.6. The molecule has 0 fully saturated rings. The van der Waals surface area contributed by atoms with Crippen molar-refractivity contribution in [3.8, 4) is 0 Å². The summed E-state index contributed by atoms with van der Waals surface area (Å²) < 4.78 is 26.4. The van der Waals surface area contributed by atoms with Crippen LogP contribution >= 0.6 is 23.4 Å². The van der Waals surface area contributed by atoms with Gasteiger partial charge in [-0.25, -0.2) is 13.8 Å². The molecule has 0 spiro atoms. The molecule has 0 aliphatic rings. The molecule has 2 rings (SSSR count). The summed E-state index contributed by atoms with van der Waals surface area (Å²) in [6, 6.07) is 6.51. The first kappa shape index (κ1) is 13.1. The van der Waals surface area contributed by atoms with E-state index < -0.39 is 11.6 Å². The number of nitrogen functional groups attached to an aromatic ring is 1. The van der Waals surface area contributed by atoms with Crippen LogP contribution in [0, 0.1) is 11.6 Å². The van der Waals surface area contributed by atoms with E-state index in [0.29, 0.717) is 22.3 Å². The van der Waals surface area contributed by atoms with Gasteiger partial charge in [0, 0.05) is 10.6 Å². The van der Waals surface area contributed by atoms with Crippen molar-refractivity contribution >= 4 is 29.2 Å². The number of thioether (sulfide) groups is 1. The summed E-state index contributed by atoms with van der Waals surface area (Å²) in [7, 11) is 0. The number of benzene rings is 1. The first-order valence-electron chi connectivity index (χ1n) is 5.05. The molecule has 0 saturated heterocycles. The summed E-state index contributed by atoms with van der Waals surface area (Å²) in [5.41, 5.74) is 6.08. The van der Waals surface area contributed by atoms with Gasteiger partial charge in [0.1, 0.15) is 17.5 Å². The third-order valence-corrected chi connectivity index (χ3v) is 3.58. The summed E-state index contributed by atoms with van der Waals surface area (Å²) in [5.74, 6) is -0.286. The quantitative estimate of drug-likeness (QED) is 0.870. The first-order chi connectivity index (χ1) is 8.56. The second-order valence-electron chi connectivity index (χ2n) is 3.53. The summed E-state index contributed by atoms with van der Waals surface area (Å²) in [4.78, 5) is 4.27. The molecular weight excluding hydrogens is 278 g/mol. The van der Waals surface area contributed by atoms with E-state index in [2.05, 4.69) is 4.98 Å². The van der Waals surface area contributed by atoms with E-state index in [9.17, 15) is 8.78 Å². The van der Waals surface area contributed by atoms with Gasteiger partial charge in [0.15, 0.2) is 0 Å². The molecule has 0 amide bonds. The Balaban J connectivity index is 2.16. The molecule has 0 bridgehead atoms. The molecule has 0 unspecified atom stereocenters. The number of aromatic nitrogens is 1. The topological polar surface area (TPSA) is 38.9 Å². The van der Waals surface area contributed by atoms with Crippen LogP contribution in [-0.4, -0.2) is 4.98 Å². The highest BCUT2D eigenvalue weighted by Crippen LogP contribution is 2.28. The van der Waals surface area contributed by atoms with Crippen molar-refractivity contribution in [2.75, 3.05) is 5.73 Å². The van der Waals surface area contributed by atoms with Crippen LogP contribution in [-0.2, 0) is 5.75 Å². The minimum Gasteiger partial charge on any atom is -0.384 e. The molecular formula is C12H9ClF2N2S. The van der Waals surface area contributed by atoms with Crippen molar-refractivity contribution in [1.82, 2.24) is 4.98 Å². The Morgan fingerprint density at radius 2 is 2.00 bits per heavy atom. The Labute approximate surface area is 112 Å². The third kappa shape index (κ3) is 3.11. The first-order valence-corrected chi connectivity index (χ1v) is 6.41. The molecule has 6 heteroatoms. The zero-order valence-electron chi connectivity index (χ0n) is 9.16. The lowest BCUT2D eigenvalue weighted by Crippen LogP contribution is -1.95. The zero-order valence-corrected chi connectivity index (χ0v) is 10.7. The van der Waals surface area contributed by atoms with E-state index in [4.69, 9.17) is 17.3 Å².